The van der Waals surface area contributed by atoms with Crippen molar-refractivity contribution in [1.82, 2.24) is 0 Å². The van der Waals surface area contributed by atoms with Gasteiger partial charge in [-0.1, -0.05) is 46.3 Å². The van der Waals surface area contributed by atoms with Crippen LogP contribution in [0.1, 0.15) is 26.3 Å². The van der Waals surface area contributed by atoms with E-state index in [4.69, 9.17) is 4.74 Å². The Morgan fingerprint density at radius 3 is 2.08 bits per heavy atom. The van der Waals surface area contributed by atoms with Gasteiger partial charge in [0.05, 0.1) is 5.56 Å². The predicted octanol–water partition coefficient (Wildman–Crippen LogP) is 5.66. The van der Waals surface area contributed by atoms with Crippen molar-refractivity contribution in [2.45, 2.75) is 0 Å². The van der Waals surface area contributed by atoms with E-state index in [-0.39, 0.29) is 5.78 Å². The lowest BCUT2D eigenvalue weighted by molar-refractivity contribution is 0.0733. The van der Waals surface area contributed by atoms with Crippen molar-refractivity contribution < 1.29 is 14.3 Å². The topological polar surface area (TPSA) is 43.4 Å². The third-order valence-electron chi connectivity index (χ3n) is 3.51. The van der Waals surface area contributed by atoms with Gasteiger partial charge in [-0.15, -0.1) is 0 Å². The molecule has 0 aliphatic rings. The maximum Gasteiger partial charge on any atom is 0.344 e. The van der Waals surface area contributed by atoms with Crippen molar-refractivity contribution in [3.05, 3.63) is 98.4 Å². The first kappa shape index (κ1) is 17.6. The Labute approximate surface area is 161 Å². The van der Waals surface area contributed by atoms with E-state index < -0.39 is 5.97 Å². The molecule has 3 aromatic rings. The molecule has 0 fully saturated rings. The minimum absolute atomic E-state index is 0.0757. The summed E-state index contributed by atoms with van der Waals surface area (Å²) in [5.74, 6) is -0.176. The van der Waals surface area contributed by atoms with Crippen LogP contribution in [-0.4, -0.2) is 11.8 Å². The van der Waals surface area contributed by atoms with Gasteiger partial charge in [0.25, 0.3) is 0 Å². The van der Waals surface area contributed by atoms with Gasteiger partial charge in [-0.25, -0.2) is 4.79 Å². The Kier molecular flexibility index (Phi) is 5.46. The summed E-state index contributed by atoms with van der Waals surface area (Å²) in [5, 5.41) is 0. The number of carbonyl (C=O) groups excluding carboxylic acids is 2. The highest BCUT2D eigenvalue weighted by Gasteiger charge is 2.14. The molecule has 0 aromatic heterocycles. The van der Waals surface area contributed by atoms with Gasteiger partial charge in [-0.05, 0) is 58.4 Å². The van der Waals surface area contributed by atoms with Gasteiger partial charge >= 0.3 is 5.97 Å². The lowest BCUT2D eigenvalue weighted by atomic mass is 10.0. The molecule has 0 saturated heterocycles. The van der Waals surface area contributed by atoms with Crippen LogP contribution >= 0.6 is 31.9 Å². The molecule has 3 nitrogen and oxygen atoms in total. The summed E-state index contributed by atoms with van der Waals surface area (Å²) >= 11 is 6.67. The molecule has 0 aliphatic carbocycles. The molecule has 0 N–H and O–H groups in total. The van der Waals surface area contributed by atoms with E-state index in [2.05, 4.69) is 31.9 Å². The summed E-state index contributed by atoms with van der Waals surface area (Å²) in [6.07, 6.45) is 0. The lowest BCUT2D eigenvalue weighted by Crippen LogP contribution is -2.09. The third kappa shape index (κ3) is 4.24. The summed E-state index contributed by atoms with van der Waals surface area (Å²) in [4.78, 5) is 24.7. The summed E-state index contributed by atoms with van der Waals surface area (Å²) in [6, 6.07) is 20.8. The van der Waals surface area contributed by atoms with E-state index in [1.165, 1.54) is 0 Å². The molecule has 0 bridgehead atoms. The predicted molar refractivity (Wildman–Crippen MR) is 103 cm³/mol. The van der Waals surface area contributed by atoms with Crippen molar-refractivity contribution in [3.8, 4) is 5.75 Å². The first-order chi connectivity index (χ1) is 12.0. The molecule has 0 spiro atoms. The SMILES string of the molecule is O=C(c1ccccc1)c1ccc(OC(=O)c2cc(Br)ccc2Br)cc1. The average Bonchev–Trinajstić information content (AvgIpc) is 2.64. The van der Waals surface area contributed by atoms with Gasteiger partial charge in [0, 0.05) is 20.1 Å². The molecule has 0 amide bonds. The van der Waals surface area contributed by atoms with Crippen LogP contribution in [0.5, 0.6) is 5.75 Å². The van der Waals surface area contributed by atoms with Gasteiger partial charge in [0.1, 0.15) is 5.75 Å². The molecule has 0 unspecified atom stereocenters. The Morgan fingerprint density at radius 2 is 1.40 bits per heavy atom. The molecule has 5 heteroatoms. The molecular formula is C20H12Br2O3. The Balaban J connectivity index is 1.76. The Hall–Kier alpha value is -2.24. The van der Waals surface area contributed by atoms with E-state index in [9.17, 15) is 9.59 Å². The maximum absolute atomic E-state index is 12.4. The number of carbonyl (C=O) groups is 2. The fourth-order valence-corrected chi connectivity index (χ4v) is 3.02. The smallest absolute Gasteiger partial charge is 0.344 e. The average molecular weight is 460 g/mol. The normalized spacial score (nSPS) is 10.3. The first-order valence-corrected chi connectivity index (χ1v) is 9.00. The molecular weight excluding hydrogens is 448 g/mol. The number of ketones is 1. The zero-order valence-electron chi connectivity index (χ0n) is 12.9. The quantitative estimate of drug-likeness (QED) is 0.287. The molecule has 25 heavy (non-hydrogen) atoms. The molecule has 0 radical (unpaired) electrons. The molecule has 0 heterocycles. The van der Waals surface area contributed by atoms with E-state index in [1.807, 2.05) is 24.3 Å². The van der Waals surface area contributed by atoms with Crippen LogP contribution in [0.2, 0.25) is 0 Å². The summed E-state index contributed by atoms with van der Waals surface area (Å²) < 4.78 is 6.81. The number of hydrogen-bond acceptors (Lipinski definition) is 3. The molecule has 0 aliphatic heterocycles. The van der Waals surface area contributed by atoms with Gasteiger partial charge in [-0.2, -0.15) is 0 Å². The second kappa shape index (κ2) is 7.76. The fourth-order valence-electron chi connectivity index (χ4n) is 2.25. The number of hydrogen-bond donors (Lipinski definition) is 0. The van der Waals surface area contributed by atoms with Crippen LogP contribution in [0.3, 0.4) is 0 Å². The van der Waals surface area contributed by atoms with Gasteiger partial charge in [0.2, 0.25) is 0 Å². The minimum Gasteiger partial charge on any atom is -0.423 e. The van der Waals surface area contributed by atoms with Crippen molar-refractivity contribution in [2.24, 2.45) is 0 Å². The van der Waals surface area contributed by atoms with Crippen LogP contribution in [-0.2, 0) is 0 Å². The summed E-state index contributed by atoms with van der Waals surface area (Å²) in [6.45, 7) is 0. The van der Waals surface area contributed by atoms with Gasteiger partial charge in [0.15, 0.2) is 5.78 Å². The molecule has 0 saturated carbocycles. The van der Waals surface area contributed by atoms with E-state index in [1.54, 1.807) is 48.5 Å². The second-order valence-corrected chi connectivity index (χ2v) is 7.00. The molecule has 124 valence electrons. The number of ether oxygens (including phenoxy) is 1. The van der Waals surface area contributed by atoms with Crippen LogP contribution in [0.25, 0.3) is 0 Å². The Morgan fingerprint density at radius 1 is 0.760 bits per heavy atom. The third-order valence-corrected chi connectivity index (χ3v) is 4.70. The van der Waals surface area contributed by atoms with Crippen LogP contribution in [0.4, 0.5) is 0 Å². The standard InChI is InChI=1S/C20H12Br2O3/c21-15-8-11-18(22)17(12-15)20(24)25-16-9-6-14(7-10-16)19(23)13-4-2-1-3-5-13/h1-12H. The first-order valence-electron chi connectivity index (χ1n) is 7.41. The van der Waals surface area contributed by atoms with E-state index >= 15 is 0 Å². The van der Waals surface area contributed by atoms with Gasteiger partial charge < -0.3 is 4.74 Å². The molecule has 3 aromatic carbocycles. The zero-order valence-corrected chi connectivity index (χ0v) is 16.1. The van der Waals surface area contributed by atoms with E-state index in [0.717, 1.165) is 4.47 Å². The number of rotatable bonds is 4. The van der Waals surface area contributed by atoms with Crippen molar-refractivity contribution in [1.29, 1.82) is 0 Å². The van der Waals surface area contributed by atoms with Crippen LogP contribution in [0, 0.1) is 0 Å². The van der Waals surface area contributed by atoms with Crippen molar-refractivity contribution in [3.63, 3.8) is 0 Å². The van der Waals surface area contributed by atoms with Crippen molar-refractivity contribution >= 4 is 43.6 Å². The minimum atomic E-state index is -0.477. The number of benzene rings is 3. The molecule has 0 atom stereocenters. The monoisotopic (exact) mass is 458 g/mol. The fraction of sp³-hybridized carbons (Fsp3) is 0. The number of halogens is 2. The van der Waals surface area contributed by atoms with Crippen LogP contribution in [0.15, 0.2) is 81.7 Å². The summed E-state index contributed by atoms with van der Waals surface area (Å²) in [5.41, 5.74) is 1.57. The largest absolute Gasteiger partial charge is 0.423 e. The van der Waals surface area contributed by atoms with E-state index in [0.29, 0.717) is 26.9 Å². The lowest BCUT2D eigenvalue weighted by Gasteiger charge is -2.07. The number of esters is 1. The second-order valence-electron chi connectivity index (χ2n) is 5.23. The summed E-state index contributed by atoms with van der Waals surface area (Å²) in [7, 11) is 0. The Bertz CT molecular complexity index is 919. The highest BCUT2D eigenvalue weighted by molar-refractivity contribution is 9.11. The van der Waals surface area contributed by atoms with Crippen molar-refractivity contribution in [2.75, 3.05) is 0 Å². The van der Waals surface area contributed by atoms with Gasteiger partial charge in [-0.3, -0.25) is 4.79 Å². The van der Waals surface area contributed by atoms with Crippen LogP contribution < -0.4 is 4.74 Å². The highest BCUT2D eigenvalue weighted by atomic mass is 79.9. The maximum atomic E-state index is 12.4. The highest BCUT2D eigenvalue weighted by Crippen LogP contribution is 2.24. The molecule has 3 rings (SSSR count). The zero-order chi connectivity index (χ0) is 17.8.